The summed E-state index contributed by atoms with van der Waals surface area (Å²) in [5, 5.41) is 0. The van der Waals surface area contributed by atoms with Crippen LogP contribution in [-0.4, -0.2) is 14.2 Å². The highest BCUT2D eigenvalue weighted by atomic mass is 16.5. The van der Waals surface area contributed by atoms with Crippen LogP contribution in [0.25, 0.3) is 0 Å². The molecule has 0 radical (unpaired) electrons. The number of ether oxygens (including phenoxy) is 2. The summed E-state index contributed by atoms with van der Waals surface area (Å²) in [4.78, 5) is 0. The molecule has 2 aromatic rings. The second kappa shape index (κ2) is 5.78. The van der Waals surface area contributed by atoms with E-state index in [1.54, 1.807) is 14.2 Å². The summed E-state index contributed by atoms with van der Waals surface area (Å²) in [6, 6.07) is 12.0. The fourth-order valence-corrected chi connectivity index (χ4v) is 2.79. The Kier molecular flexibility index (Phi) is 4.24. The van der Waals surface area contributed by atoms with Crippen molar-refractivity contribution in [2.24, 2.45) is 5.73 Å². The van der Waals surface area contributed by atoms with Crippen molar-refractivity contribution in [1.29, 1.82) is 0 Å². The number of rotatable bonds is 4. The Bertz CT molecular complexity index is 625. The molecule has 2 N–H and O–H groups in total. The highest BCUT2D eigenvalue weighted by molar-refractivity contribution is 5.55. The van der Waals surface area contributed by atoms with Crippen LogP contribution < -0.4 is 15.2 Å². The number of nitrogens with two attached hydrogens (primary N) is 1. The van der Waals surface area contributed by atoms with Crippen molar-refractivity contribution in [3.63, 3.8) is 0 Å². The van der Waals surface area contributed by atoms with Gasteiger partial charge in [-0.25, -0.2) is 0 Å². The van der Waals surface area contributed by atoms with Crippen LogP contribution in [0.15, 0.2) is 36.4 Å². The average molecular weight is 285 g/mol. The maximum Gasteiger partial charge on any atom is 0.127 e. The smallest absolute Gasteiger partial charge is 0.127 e. The molecule has 2 aromatic carbocycles. The lowest BCUT2D eigenvalue weighted by molar-refractivity contribution is 0.369. The van der Waals surface area contributed by atoms with Crippen molar-refractivity contribution in [3.05, 3.63) is 58.7 Å². The van der Waals surface area contributed by atoms with Gasteiger partial charge in [-0.3, -0.25) is 0 Å². The second-order valence-electron chi connectivity index (χ2n) is 5.56. The third-order valence-corrected chi connectivity index (χ3v) is 3.90. The lowest BCUT2D eigenvalue weighted by Crippen LogP contribution is -2.36. The van der Waals surface area contributed by atoms with Gasteiger partial charge in [0, 0.05) is 0 Å². The van der Waals surface area contributed by atoms with Gasteiger partial charge in [0.15, 0.2) is 0 Å². The van der Waals surface area contributed by atoms with Gasteiger partial charge in [-0.15, -0.1) is 0 Å². The summed E-state index contributed by atoms with van der Waals surface area (Å²) in [5.41, 5.74) is 10.3. The van der Waals surface area contributed by atoms with Gasteiger partial charge < -0.3 is 15.2 Å². The molecular weight excluding hydrogens is 262 g/mol. The van der Waals surface area contributed by atoms with Crippen LogP contribution >= 0.6 is 0 Å². The van der Waals surface area contributed by atoms with Crippen molar-refractivity contribution >= 4 is 0 Å². The highest BCUT2D eigenvalue weighted by Crippen LogP contribution is 2.40. The topological polar surface area (TPSA) is 44.5 Å². The molecule has 0 saturated carbocycles. The number of aryl methyl sites for hydroxylation is 2. The first-order chi connectivity index (χ1) is 9.91. The van der Waals surface area contributed by atoms with Gasteiger partial charge in [0.2, 0.25) is 0 Å². The van der Waals surface area contributed by atoms with Gasteiger partial charge in [0.05, 0.1) is 25.3 Å². The molecule has 1 atom stereocenters. The van der Waals surface area contributed by atoms with E-state index >= 15 is 0 Å². The summed E-state index contributed by atoms with van der Waals surface area (Å²) in [6.45, 7) is 6.13. The Morgan fingerprint density at radius 2 is 1.52 bits per heavy atom. The molecule has 0 aliphatic rings. The zero-order chi connectivity index (χ0) is 15.6. The molecule has 0 aromatic heterocycles. The molecule has 0 fully saturated rings. The Labute approximate surface area is 126 Å². The normalized spacial score (nSPS) is 13.6. The standard InChI is InChI=1S/C18H23NO2/c1-12-9-10-13(2)14(11-12)18(3,19)17-15(20-4)7-6-8-16(17)21-5/h6-11H,19H2,1-5H3. The van der Waals surface area contributed by atoms with Gasteiger partial charge in [-0.05, 0) is 44.0 Å². The van der Waals surface area contributed by atoms with E-state index in [1.807, 2.05) is 25.1 Å². The van der Waals surface area contributed by atoms with Gasteiger partial charge in [0.25, 0.3) is 0 Å². The van der Waals surface area contributed by atoms with Crippen LogP contribution in [0.2, 0.25) is 0 Å². The van der Waals surface area contributed by atoms with Crippen molar-refractivity contribution in [2.75, 3.05) is 14.2 Å². The maximum atomic E-state index is 6.72. The molecule has 1 unspecified atom stereocenters. The average Bonchev–Trinajstić information content (AvgIpc) is 2.48. The van der Waals surface area contributed by atoms with Crippen LogP contribution in [0, 0.1) is 13.8 Å². The van der Waals surface area contributed by atoms with Gasteiger partial charge >= 0.3 is 0 Å². The first kappa shape index (κ1) is 15.4. The van der Waals surface area contributed by atoms with Crippen molar-refractivity contribution < 1.29 is 9.47 Å². The van der Waals surface area contributed by atoms with Gasteiger partial charge in [-0.2, -0.15) is 0 Å². The van der Waals surface area contributed by atoms with E-state index in [-0.39, 0.29) is 0 Å². The van der Waals surface area contributed by atoms with E-state index < -0.39 is 5.54 Å². The molecule has 0 aliphatic carbocycles. The fourth-order valence-electron chi connectivity index (χ4n) is 2.79. The van der Waals surface area contributed by atoms with E-state index in [9.17, 15) is 0 Å². The van der Waals surface area contributed by atoms with E-state index in [0.717, 1.165) is 28.2 Å². The number of methoxy groups -OCH3 is 2. The molecular formula is C18H23NO2. The summed E-state index contributed by atoms with van der Waals surface area (Å²) >= 11 is 0. The zero-order valence-electron chi connectivity index (χ0n) is 13.4. The third kappa shape index (κ3) is 2.74. The minimum Gasteiger partial charge on any atom is -0.496 e. The van der Waals surface area contributed by atoms with E-state index in [4.69, 9.17) is 15.2 Å². The molecule has 0 spiro atoms. The molecule has 3 heteroatoms. The summed E-state index contributed by atoms with van der Waals surface area (Å²) < 4.78 is 11.0. The van der Waals surface area contributed by atoms with E-state index in [0.29, 0.717) is 0 Å². The van der Waals surface area contributed by atoms with Crippen LogP contribution in [0.1, 0.15) is 29.2 Å². The van der Waals surface area contributed by atoms with Crippen LogP contribution in [0.4, 0.5) is 0 Å². The SMILES string of the molecule is COc1cccc(OC)c1C(C)(N)c1cc(C)ccc1C. The fraction of sp³-hybridized carbons (Fsp3) is 0.333. The van der Waals surface area contributed by atoms with Crippen molar-refractivity contribution in [2.45, 2.75) is 26.3 Å². The Morgan fingerprint density at radius 3 is 2.05 bits per heavy atom. The second-order valence-corrected chi connectivity index (χ2v) is 5.56. The monoisotopic (exact) mass is 285 g/mol. The van der Waals surface area contributed by atoms with Crippen molar-refractivity contribution in [3.8, 4) is 11.5 Å². The number of hydrogen-bond acceptors (Lipinski definition) is 3. The largest absolute Gasteiger partial charge is 0.496 e. The summed E-state index contributed by atoms with van der Waals surface area (Å²) in [5.74, 6) is 1.47. The molecule has 21 heavy (non-hydrogen) atoms. The first-order valence-corrected chi connectivity index (χ1v) is 7.00. The zero-order valence-corrected chi connectivity index (χ0v) is 13.4. The third-order valence-electron chi connectivity index (χ3n) is 3.90. The molecule has 0 heterocycles. The Morgan fingerprint density at radius 1 is 0.952 bits per heavy atom. The molecule has 0 bridgehead atoms. The summed E-state index contributed by atoms with van der Waals surface area (Å²) in [7, 11) is 3.30. The maximum absolute atomic E-state index is 6.72. The van der Waals surface area contributed by atoms with E-state index in [1.165, 1.54) is 5.56 Å². The van der Waals surface area contributed by atoms with E-state index in [2.05, 4.69) is 32.0 Å². The Hall–Kier alpha value is -2.00. The lowest BCUT2D eigenvalue weighted by Gasteiger charge is -2.31. The molecule has 3 nitrogen and oxygen atoms in total. The quantitative estimate of drug-likeness (QED) is 0.934. The van der Waals surface area contributed by atoms with Gasteiger partial charge in [0.1, 0.15) is 11.5 Å². The predicted molar refractivity (Wildman–Crippen MR) is 86.1 cm³/mol. The molecule has 112 valence electrons. The number of hydrogen-bond donors (Lipinski definition) is 1. The van der Waals surface area contributed by atoms with Gasteiger partial charge in [-0.1, -0.05) is 29.8 Å². The Balaban J connectivity index is 2.71. The van der Waals surface area contributed by atoms with Crippen molar-refractivity contribution in [1.82, 2.24) is 0 Å². The van der Waals surface area contributed by atoms with Crippen LogP contribution in [-0.2, 0) is 5.54 Å². The summed E-state index contributed by atoms with van der Waals surface area (Å²) in [6.07, 6.45) is 0. The minimum atomic E-state index is -0.700. The molecule has 0 amide bonds. The predicted octanol–water partition coefficient (Wildman–Crippen LogP) is 3.54. The lowest BCUT2D eigenvalue weighted by atomic mass is 9.81. The highest BCUT2D eigenvalue weighted by Gasteiger charge is 2.32. The van der Waals surface area contributed by atoms with Crippen LogP contribution in [0.3, 0.4) is 0 Å². The van der Waals surface area contributed by atoms with Crippen LogP contribution in [0.5, 0.6) is 11.5 Å². The molecule has 2 rings (SSSR count). The minimum absolute atomic E-state index is 0.700. The first-order valence-electron chi connectivity index (χ1n) is 7.00. The molecule has 0 aliphatic heterocycles. The molecule has 0 saturated heterocycles. The number of benzene rings is 2.